The summed E-state index contributed by atoms with van der Waals surface area (Å²) in [7, 11) is 0. The second kappa shape index (κ2) is 3.14. The van der Waals surface area contributed by atoms with Gasteiger partial charge in [-0.25, -0.2) is 0 Å². The van der Waals surface area contributed by atoms with Crippen LogP contribution in [-0.2, 0) is 0 Å². The smallest absolute Gasteiger partial charge is 0.0582 e. The second-order valence-corrected chi connectivity index (χ2v) is 2.31. The van der Waals surface area contributed by atoms with Crippen molar-refractivity contribution in [2.24, 2.45) is 5.11 Å². The minimum absolute atomic E-state index is 0.356. The molecule has 56 valence electrons. The maximum Gasteiger partial charge on any atom is 0.0582 e. The SMILES string of the molecule is [N-]=[N+]=Nc1cc(N)ccc1Cl. The highest BCUT2D eigenvalue weighted by atomic mass is 35.5. The second-order valence-electron chi connectivity index (χ2n) is 1.90. The fraction of sp³-hybridized carbons (Fsp3) is 0. The van der Waals surface area contributed by atoms with Gasteiger partial charge in [-0.1, -0.05) is 16.7 Å². The first-order chi connectivity index (χ1) is 5.24. The monoisotopic (exact) mass is 168 g/mol. The van der Waals surface area contributed by atoms with Gasteiger partial charge in [0.25, 0.3) is 0 Å². The Morgan fingerprint density at radius 1 is 1.55 bits per heavy atom. The first-order valence-corrected chi connectivity index (χ1v) is 3.22. The van der Waals surface area contributed by atoms with E-state index in [4.69, 9.17) is 22.9 Å². The van der Waals surface area contributed by atoms with Crippen LogP contribution in [0.25, 0.3) is 10.4 Å². The first-order valence-electron chi connectivity index (χ1n) is 2.84. The summed E-state index contributed by atoms with van der Waals surface area (Å²) in [5, 5.41) is 3.74. The number of hydrogen-bond acceptors (Lipinski definition) is 2. The quantitative estimate of drug-likeness (QED) is 0.298. The van der Waals surface area contributed by atoms with Crippen molar-refractivity contribution in [2.75, 3.05) is 5.73 Å². The molecule has 2 N–H and O–H groups in total. The van der Waals surface area contributed by atoms with Gasteiger partial charge in [0.15, 0.2) is 0 Å². The van der Waals surface area contributed by atoms with E-state index in [0.29, 0.717) is 16.4 Å². The Bertz CT molecular complexity index is 316. The zero-order valence-corrected chi connectivity index (χ0v) is 6.28. The Morgan fingerprint density at radius 3 is 2.91 bits per heavy atom. The van der Waals surface area contributed by atoms with Crippen LogP contribution < -0.4 is 5.73 Å². The molecular weight excluding hydrogens is 164 g/mol. The molecule has 0 unspecified atom stereocenters. The predicted molar refractivity (Wildman–Crippen MR) is 44.7 cm³/mol. The third-order valence-electron chi connectivity index (χ3n) is 1.12. The van der Waals surface area contributed by atoms with E-state index in [1.807, 2.05) is 0 Å². The van der Waals surface area contributed by atoms with Crippen molar-refractivity contribution in [1.82, 2.24) is 0 Å². The maximum atomic E-state index is 8.09. The van der Waals surface area contributed by atoms with E-state index in [1.54, 1.807) is 12.1 Å². The first kappa shape index (κ1) is 7.72. The standard InChI is InChI=1S/C6H5ClN4/c7-5-2-1-4(8)3-6(5)10-11-9/h1-3H,8H2. The van der Waals surface area contributed by atoms with Gasteiger partial charge in [-0.2, -0.15) is 0 Å². The number of azide groups is 1. The molecule has 0 aliphatic rings. The van der Waals surface area contributed by atoms with Crippen molar-refractivity contribution in [2.45, 2.75) is 0 Å². The summed E-state index contributed by atoms with van der Waals surface area (Å²) in [6.07, 6.45) is 0. The van der Waals surface area contributed by atoms with Crippen molar-refractivity contribution < 1.29 is 0 Å². The minimum atomic E-state index is 0.356. The summed E-state index contributed by atoms with van der Waals surface area (Å²) < 4.78 is 0. The summed E-state index contributed by atoms with van der Waals surface area (Å²) in [5.74, 6) is 0. The van der Waals surface area contributed by atoms with Gasteiger partial charge in [0.05, 0.1) is 10.7 Å². The number of nitrogens with two attached hydrogens (primary N) is 1. The van der Waals surface area contributed by atoms with Crippen LogP contribution in [0.5, 0.6) is 0 Å². The van der Waals surface area contributed by atoms with Gasteiger partial charge in [0.1, 0.15) is 0 Å². The van der Waals surface area contributed by atoms with E-state index in [9.17, 15) is 0 Å². The molecule has 0 fully saturated rings. The number of halogens is 1. The van der Waals surface area contributed by atoms with E-state index in [1.165, 1.54) is 6.07 Å². The molecule has 0 aliphatic heterocycles. The zero-order chi connectivity index (χ0) is 8.27. The third-order valence-corrected chi connectivity index (χ3v) is 1.44. The molecule has 0 bridgehead atoms. The number of nitrogen functional groups attached to an aromatic ring is 1. The molecule has 1 aromatic carbocycles. The number of rotatable bonds is 1. The maximum absolute atomic E-state index is 8.09. The van der Waals surface area contributed by atoms with Gasteiger partial charge >= 0.3 is 0 Å². The third kappa shape index (κ3) is 1.77. The van der Waals surface area contributed by atoms with Gasteiger partial charge in [-0.3, -0.25) is 0 Å². The summed E-state index contributed by atoms with van der Waals surface area (Å²) in [5.41, 5.74) is 14.4. The summed E-state index contributed by atoms with van der Waals surface area (Å²) in [6.45, 7) is 0. The van der Waals surface area contributed by atoms with E-state index in [2.05, 4.69) is 10.0 Å². The van der Waals surface area contributed by atoms with Crippen LogP contribution in [0.1, 0.15) is 0 Å². The molecule has 0 spiro atoms. The topological polar surface area (TPSA) is 74.8 Å². The average molecular weight is 169 g/mol. The molecule has 0 saturated heterocycles. The van der Waals surface area contributed by atoms with Crippen LogP contribution >= 0.6 is 11.6 Å². The highest BCUT2D eigenvalue weighted by molar-refractivity contribution is 6.33. The van der Waals surface area contributed by atoms with Gasteiger partial charge in [0, 0.05) is 10.6 Å². The van der Waals surface area contributed by atoms with E-state index >= 15 is 0 Å². The molecule has 0 saturated carbocycles. The highest BCUT2D eigenvalue weighted by Gasteiger charge is 1.96. The Balaban J connectivity index is 3.22. The Morgan fingerprint density at radius 2 is 2.27 bits per heavy atom. The summed E-state index contributed by atoms with van der Waals surface area (Å²) in [4.78, 5) is 2.59. The number of hydrogen-bond donors (Lipinski definition) is 1. The molecule has 0 heterocycles. The van der Waals surface area contributed by atoms with Crippen molar-refractivity contribution >= 4 is 23.0 Å². The molecule has 4 nitrogen and oxygen atoms in total. The lowest BCUT2D eigenvalue weighted by Gasteiger charge is -1.96. The minimum Gasteiger partial charge on any atom is -0.399 e. The average Bonchev–Trinajstić information content (AvgIpc) is 1.98. The normalized spacial score (nSPS) is 8.82. The zero-order valence-electron chi connectivity index (χ0n) is 5.53. The lowest BCUT2D eigenvalue weighted by atomic mass is 10.3. The molecular formula is C6H5ClN4. The molecule has 0 atom stereocenters. The Kier molecular flexibility index (Phi) is 2.21. The van der Waals surface area contributed by atoms with Crippen LogP contribution in [0.3, 0.4) is 0 Å². The number of benzene rings is 1. The molecule has 0 aliphatic carbocycles. The predicted octanol–water partition coefficient (Wildman–Crippen LogP) is 2.86. The lowest BCUT2D eigenvalue weighted by Crippen LogP contribution is -1.81. The van der Waals surface area contributed by atoms with Crippen molar-refractivity contribution in [3.05, 3.63) is 33.7 Å². The van der Waals surface area contributed by atoms with Crippen molar-refractivity contribution in [1.29, 1.82) is 0 Å². The van der Waals surface area contributed by atoms with Gasteiger partial charge in [-0.05, 0) is 23.7 Å². The van der Waals surface area contributed by atoms with E-state index in [-0.39, 0.29) is 0 Å². The molecule has 0 radical (unpaired) electrons. The molecule has 0 aromatic heterocycles. The largest absolute Gasteiger partial charge is 0.399 e. The molecule has 1 rings (SSSR count). The number of nitrogens with zero attached hydrogens (tertiary/aromatic N) is 3. The molecule has 0 amide bonds. The fourth-order valence-corrected chi connectivity index (χ4v) is 0.810. The summed E-state index contributed by atoms with van der Waals surface area (Å²) >= 11 is 5.65. The van der Waals surface area contributed by atoms with E-state index in [0.717, 1.165) is 0 Å². The molecule has 11 heavy (non-hydrogen) atoms. The number of anilines is 1. The van der Waals surface area contributed by atoms with Gasteiger partial charge in [-0.15, -0.1) is 0 Å². The molecule has 5 heteroatoms. The van der Waals surface area contributed by atoms with Crippen molar-refractivity contribution in [3.8, 4) is 0 Å². The van der Waals surface area contributed by atoms with Crippen LogP contribution in [0.4, 0.5) is 11.4 Å². The van der Waals surface area contributed by atoms with Crippen LogP contribution in [-0.4, -0.2) is 0 Å². The Labute approximate surface area is 68.2 Å². The highest BCUT2D eigenvalue weighted by Crippen LogP contribution is 2.26. The van der Waals surface area contributed by atoms with E-state index < -0.39 is 0 Å². The van der Waals surface area contributed by atoms with Crippen LogP contribution in [0.2, 0.25) is 5.02 Å². The Hall–Kier alpha value is -1.38. The van der Waals surface area contributed by atoms with Gasteiger partial charge in [0.2, 0.25) is 0 Å². The molecule has 1 aromatic rings. The summed E-state index contributed by atoms with van der Waals surface area (Å²) in [6, 6.07) is 4.74. The fourth-order valence-electron chi connectivity index (χ4n) is 0.655. The lowest BCUT2D eigenvalue weighted by molar-refractivity contribution is 1.48. The van der Waals surface area contributed by atoms with Crippen LogP contribution in [0, 0.1) is 0 Å². The van der Waals surface area contributed by atoms with Crippen molar-refractivity contribution in [3.63, 3.8) is 0 Å². The van der Waals surface area contributed by atoms with Gasteiger partial charge < -0.3 is 5.73 Å². The van der Waals surface area contributed by atoms with Crippen LogP contribution in [0.15, 0.2) is 23.3 Å².